The fraction of sp³-hybridized carbons (Fsp3) is 0.875. The first-order valence-corrected chi connectivity index (χ1v) is 4.30. The molecular weight excluding hydrogens is 170 g/mol. The van der Waals surface area contributed by atoms with Gasteiger partial charge in [0.05, 0.1) is 0 Å². The van der Waals surface area contributed by atoms with Crippen LogP contribution in [0.25, 0.3) is 0 Å². The standard InChI is InChI=1S/C8H19N3O2/c1-8(2,3)10-4-5-11-13-6-7(9)12/h10-11H,4-6H2,1-3H3,(H2,9,12). The van der Waals surface area contributed by atoms with Crippen molar-refractivity contribution in [2.75, 3.05) is 19.7 Å². The molecule has 5 heteroatoms. The van der Waals surface area contributed by atoms with E-state index in [2.05, 4.69) is 31.6 Å². The molecule has 0 aromatic heterocycles. The van der Waals surface area contributed by atoms with Crippen LogP contribution in [0.15, 0.2) is 0 Å². The lowest BCUT2D eigenvalue weighted by Gasteiger charge is -2.20. The predicted octanol–water partition coefficient (Wildman–Crippen LogP) is -0.619. The molecule has 0 unspecified atom stereocenters. The van der Waals surface area contributed by atoms with E-state index in [0.717, 1.165) is 6.54 Å². The lowest BCUT2D eigenvalue weighted by atomic mass is 10.1. The van der Waals surface area contributed by atoms with E-state index in [4.69, 9.17) is 10.6 Å². The monoisotopic (exact) mass is 189 g/mol. The molecule has 13 heavy (non-hydrogen) atoms. The highest BCUT2D eigenvalue weighted by Crippen LogP contribution is 1.96. The molecule has 0 atom stereocenters. The minimum absolute atomic E-state index is 0.0878. The van der Waals surface area contributed by atoms with Crippen LogP contribution in [0, 0.1) is 0 Å². The number of amides is 1. The Kier molecular flexibility index (Phi) is 5.61. The number of hydrogen-bond donors (Lipinski definition) is 3. The summed E-state index contributed by atoms with van der Waals surface area (Å²) in [6.45, 7) is 7.58. The minimum atomic E-state index is -0.476. The summed E-state index contributed by atoms with van der Waals surface area (Å²) in [5, 5.41) is 3.25. The third-order valence-electron chi connectivity index (χ3n) is 1.20. The normalized spacial score (nSPS) is 11.6. The first kappa shape index (κ1) is 12.3. The van der Waals surface area contributed by atoms with Crippen LogP contribution in [0.3, 0.4) is 0 Å². The van der Waals surface area contributed by atoms with E-state index < -0.39 is 5.91 Å². The number of carbonyl (C=O) groups excluding carboxylic acids is 1. The van der Waals surface area contributed by atoms with E-state index in [-0.39, 0.29) is 12.1 Å². The number of carbonyl (C=O) groups is 1. The molecule has 78 valence electrons. The number of nitrogens with one attached hydrogen (secondary N) is 2. The van der Waals surface area contributed by atoms with Crippen molar-refractivity contribution in [2.24, 2.45) is 5.73 Å². The van der Waals surface area contributed by atoms with Crippen LogP contribution in [0.4, 0.5) is 0 Å². The molecule has 0 rings (SSSR count). The zero-order valence-corrected chi connectivity index (χ0v) is 8.52. The van der Waals surface area contributed by atoms with Gasteiger partial charge in [-0.3, -0.25) is 9.63 Å². The molecule has 0 saturated carbocycles. The third kappa shape index (κ3) is 11.3. The zero-order valence-electron chi connectivity index (χ0n) is 8.52. The highest BCUT2D eigenvalue weighted by atomic mass is 16.6. The largest absolute Gasteiger partial charge is 0.368 e. The predicted molar refractivity (Wildman–Crippen MR) is 50.9 cm³/mol. The van der Waals surface area contributed by atoms with Gasteiger partial charge in [0.2, 0.25) is 5.91 Å². The molecule has 0 heterocycles. The minimum Gasteiger partial charge on any atom is -0.368 e. The van der Waals surface area contributed by atoms with Gasteiger partial charge in [-0.1, -0.05) is 0 Å². The van der Waals surface area contributed by atoms with E-state index in [1.807, 2.05) is 0 Å². The lowest BCUT2D eigenvalue weighted by molar-refractivity contribution is -0.125. The molecule has 0 aliphatic carbocycles. The number of nitrogens with two attached hydrogens (primary N) is 1. The van der Waals surface area contributed by atoms with Crippen LogP contribution in [0.2, 0.25) is 0 Å². The van der Waals surface area contributed by atoms with Gasteiger partial charge >= 0.3 is 0 Å². The number of hydrogen-bond acceptors (Lipinski definition) is 4. The van der Waals surface area contributed by atoms with Crippen LogP contribution >= 0.6 is 0 Å². The van der Waals surface area contributed by atoms with Crippen molar-refractivity contribution in [3.8, 4) is 0 Å². The van der Waals surface area contributed by atoms with Crippen LogP contribution in [0.5, 0.6) is 0 Å². The fourth-order valence-electron chi connectivity index (χ4n) is 0.683. The molecule has 0 saturated heterocycles. The molecule has 0 aromatic carbocycles. The van der Waals surface area contributed by atoms with Gasteiger partial charge in [-0.25, -0.2) is 5.48 Å². The topological polar surface area (TPSA) is 76.4 Å². The van der Waals surface area contributed by atoms with Crippen LogP contribution in [0.1, 0.15) is 20.8 Å². The van der Waals surface area contributed by atoms with Crippen molar-refractivity contribution < 1.29 is 9.63 Å². The maximum atomic E-state index is 10.2. The zero-order chi connectivity index (χ0) is 10.3. The van der Waals surface area contributed by atoms with Gasteiger partial charge in [0, 0.05) is 18.6 Å². The number of primary amides is 1. The second kappa shape index (κ2) is 5.90. The molecule has 5 nitrogen and oxygen atoms in total. The molecule has 0 aliphatic heterocycles. The fourth-order valence-corrected chi connectivity index (χ4v) is 0.683. The van der Waals surface area contributed by atoms with Crippen LogP contribution in [-0.2, 0) is 9.63 Å². The summed E-state index contributed by atoms with van der Waals surface area (Å²) in [5.41, 5.74) is 7.59. The summed E-state index contributed by atoms with van der Waals surface area (Å²) in [4.78, 5) is 15.0. The Morgan fingerprint density at radius 3 is 2.46 bits per heavy atom. The van der Waals surface area contributed by atoms with Crippen molar-refractivity contribution in [3.63, 3.8) is 0 Å². The Morgan fingerprint density at radius 1 is 1.38 bits per heavy atom. The second-order valence-corrected chi connectivity index (χ2v) is 3.83. The summed E-state index contributed by atoms with van der Waals surface area (Å²) >= 11 is 0. The third-order valence-corrected chi connectivity index (χ3v) is 1.20. The van der Waals surface area contributed by atoms with E-state index >= 15 is 0 Å². The van der Waals surface area contributed by atoms with Gasteiger partial charge in [-0.2, -0.15) is 0 Å². The Bertz CT molecular complexity index is 154. The smallest absolute Gasteiger partial charge is 0.245 e. The molecule has 0 spiro atoms. The van der Waals surface area contributed by atoms with E-state index in [1.165, 1.54) is 0 Å². The quantitative estimate of drug-likeness (QED) is 0.384. The molecule has 0 fully saturated rings. The maximum Gasteiger partial charge on any atom is 0.245 e. The first-order valence-electron chi connectivity index (χ1n) is 4.30. The van der Waals surface area contributed by atoms with E-state index in [9.17, 15) is 4.79 Å². The summed E-state index contributed by atoms with van der Waals surface area (Å²) in [6, 6.07) is 0. The summed E-state index contributed by atoms with van der Waals surface area (Å²) in [7, 11) is 0. The molecule has 1 amide bonds. The average molecular weight is 189 g/mol. The van der Waals surface area contributed by atoms with E-state index in [0.29, 0.717) is 6.54 Å². The highest BCUT2D eigenvalue weighted by molar-refractivity contribution is 5.74. The van der Waals surface area contributed by atoms with Gasteiger partial charge in [0.15, 0.2) is 0 Å². The summed E-state index contributed by atoms with van der Waals surface area (Å²) < 4.78 is 0. The van der Waals surface area contributed by atoms with Crippen LogP contribution < -0.4 is 16.5 Å². The van der Waals surface area contributed by atoms with Crippen molar-refractivity contribution in [2.45, 2.75) is 26.3 Å². The molecular formula is C8H19N3O2. The summed E-state index contributed by atoms with van der Waals surface area (Å²) in [5.74, 6) is -0.476. The molecule has 0 radical (unpaired) electrons. The van der Waals surface area contributed by atoms with Gasteiger partial charge in [0.1, 0.15) is 6.61 Å². The number of rotatable bonds is 6. The van der Waals surface area contributed by atoms with Gasteiger partial charge in [-0.05, 0) is 20.8 Å². The Balaban J connectivity index is 3.13. The average Bonchev–Trinajstić information content (AvgIpc) is 1.93. The van der Waals surface area contributed by atoms with Crippen molar-refractivity contribution in [1.29, 1.82) is 0 Å². The van der Waals surface area contributed by atoms with Crippen LogP contribution in [-0.4, -0.2) is 31.1 Å². The molecule has 0 aliphatic rings. The SMILES string of the molecule is CC(C)(C)NCCNOCC(N)=O. The Labute approximate surface area is 79.0 Å². The molecule has 4 N–H and O–H groups in total. The molecule has 0 bridgehead atoms. The van der Waals surface area contributed by atoms with Crippen molar-refractivity contribution in [1.82, 2.24) is 10.8 Å². The summed E-state index contributed by atoms with van der Waals surface area (Å²) in [6.07, 6.45) is 0. The molecule has 0 aromatic rings. The van der Waals surface area contributed by atoms with Crippen molar-refractivity contribution in [3.05, 3.63) is 0 Å². The van der Waals surface area contributed by atoms with Crippen molar-refractivity contribution >= 4 is 5.91 Å². The van der Waals surface area contributed by atoms with E-state index in [1.54, 1.807) is 0 Å². The first-order chi connectivity index (χ1) is 5.92. The second-order valence-electron chi connectivity index (χ2n) is 3.83. The Morgan fingerprint density at radius 2 is 2.00 bits per heavy atom. The van der Waals surface area contributed by atoms with Gasteiger partial charge in [-0.15, -0.1) is 0 Å². The lowest BCUT2D eigenvalue weighted by Crippen LogP contribution is -2.40. The highest BCUT2D eigenvalue weighted by Gasteiger charge is 2.06. The Hall–Kier alpha value is -0.650. The maximum absolute atomic E-state index is 10.2. The number of hydroxylamine groups is 1. The van der Waals surface area contributed by atoms with Gasteiger partial charge < -0.3 is 11.1 Å². The van der Waals surface area contributed by atoms with Gasteiger partial charge in [0.25, 0.3) is 0 Å².